The molecule has 1 unspecified atom stereocenters. The maximum atomic E-state index is 12.5. The Labute approximate surface area is 132 Å². The van der Waals surface area contributed by atoms with Crippen molar-refractivity contribution in [1.29, 1.82) is 0 Å². The highest BCUT2D eigenvalue weighted by Crippen LogP contribution is 2.30. The summed E-state index contributed by atoms with van der Waals surface area (Å²) in [4.78, 5) is 11.6. The van der Waals surface area contributed by atoms with Crippen LogP contribution in [0.1, 0.15) is 49.3 Å². The van der Waals surface area contributed by atoms with Gasteiger partial charge in [0.2, 0.25) is 0 Å². The van der Waals surface area contributed by atoms with Gasteiger partial charge in [0.15, 0.2) is 0 Å². The Bertz CT molecular complexity index is 510. The molecular formula is C16H20F3NO3. The van der Waals surface area contributed by atoms with Crippen LogP contribution in [0.25, 0.3) is 0 Å². The second-order valence-electron chi connectivity index (χ2n) is 5.71. The van der Waals surface area contributed by atoms with E-state index in [4.69, 9.17) is 4.74 Å². The third-order valence-corrected chi connectivity index (χ3v) is 3.92. The molecule has 7 heteroatoms. The summed E-state index contributed by atoms with van der Waals surface area (Å²) in [5.74, 6) is 0. The number of aliphatic hydroxyl groups excluding tert-OH is 1. The molecule has 1 aromatic rings. The normalized spacial score (nSPS) is 17.6. The predicted octanol–water partition coefficient (Wildman–Crippen LogP) is 3.80. The summed E-state index contributed by atoms with van der Waals surface area (Å²) in [7, 11) is 0. The lowest BCUT2D eigenvalue weighted by molar-refractivity contribution is -0.137. The molecule has 0 bridgehead atoms. The number of halogens is 3. The maximum absolute atomic E-state index is 12.5. The lowest BCUT2D eigenvalue weighted by Gasteiger charge is -2.22. The highest BCUT2D eigenvalue weighted by Gasteiger charge is 2.30. The Morgan fingerprint density at radius 3 is 2.39 bits per heavy atom. The van der Waals surface area contributed by atoms with Crippen LogP contribution in [-0.2, 0) is 10.9 Å². The van der Waals surface area contributed by atoms with Crippen molar-refractivity contribution in [3.63, 3.8) is 0 Å². The fourth-order valence-electron chi connectivity index (χ4n) is 2.60. The molecule has 128 valence electrons. The number of benzene rings is 1. The third kappa shape index (κ3) is 5.42. The van der Waals surface area contributed by atoms with Crippen molar-refractivity contribution in [1.82, 2.24) is 5.32 Å². The van der Waals surface area contributed by atoms with Gasteiger partial charge in [0, 0.05) is 6.04 Å². The molecule has 1 amide bonds. The molecule has 0 radical (unpaired) electrons. The molecule has 1 saturated carbocycles. The first-order valence-electron chi connectivity index (χ1n) is 7.65. The smallest absolute Gasteiger partial charge is 0.416 e. The molecule has 0 aliphatic heterocycles. The number of alkyl halides is 3. The van der Waals surface area contributed by atoms with E-state index in [1.54, 1.807) is 0 Å². The molecule has 0 saturated heterocycles. The number of amides is 1. The SMILES string of the molecule is O=C(NC1CCCCC1)OCC(O)c1ccc(C(F)(F)F)cc1. The van der Waals surface area contributed by atoms with Crippen molar-refractivity contribution in [2.75, 3.05) is 6.61 Å². The van der Waals surface area contributed by atoms with E-state index in [1.165, 1.54) is 18.6 Å². The second-order valence-corrected chi connectivity index (χ2v) is 5.71. The summed E-state index contributed by atoms with van der Waals surface area (Å²) in [6.07, 6.45) is -1.05. The van der Waals surface area contributed by atoms with E-state index >= 15 is 0 Å². The van der Waals surface area contributed by atoms with Crippen molar-refractivity contribution >= 4 is 6.09 Å². The quantitative estimate of drug-likeness (QED) is 0.882. The lowest BCUT2D eigenvalue weighted by Crippen LogP contribution is -2.37. The first-order chi connectivity index (χ1) is 10.9. The van der Waals surface area contributed by atoms with E-state index in [1.807, 2.05) is 0 Å². The summed E-state index contributed by atoms with van der Waals surface area (Å²) in [6.45, 7) is -0.302. The molecule has 2 N–H and O–H groups in total. The number of aliphatic hydroxyl groups is 1. The number of alkyl carbamates (subject to hydrolysis) is 1. The molecule has 0 heterocycles. The fourth-order valence-corrected chi connectivity index (χ4v) is 2.60. The minimum atomic E-state index is -4.42. The maximum Gasteiger partial charge on any atom is 0.416 e. The van der Waals surface area contributed by atoms with Gasteiger partial charge in [-0.15, -0.1) is 0 Å². The first-order valence-corrected chi connectivity index (χ1v) is 7.65. The average Bonchev–Trinajstić information content (AvgIpc) is 2.53. The van der Waals surface area contributed by atoms with Crippen LogP contribution in [-0.4, -0.2) is 23.8 Å². The van der Waals surface area contributed by atoms with E-state index in [0.717, 1.165) is 37.8 Å². The average molecular weight is 331 g/mol. The van der Waals surface area contributed by atoms with Crippen LogP contribution in [0.3, 0.4) is 0 Å². The fraction of sp³-hybridized carbons (Fsp3) is 0.562. The zero-order valence-corrected chi connectivity index (χ0v) is 12.6. The minimum Gasteiger partial charge on any atom is -0.446 e. The first kappa shape index (κ1) is 17.6. The van der Waals surface area contributed by atoms with Crippen molar-refractivity contribution in [3.05, 3.63) is 35.4 Å². The Morgan fingerprint density at radius 2 is 1.83 bits per heavy atom. The molecule has 1 aliphatic carbocycles. The number of rotatable bonds is 4. The molecule has 23 heavy (non-hydrogen) atoms. The molecule has 4 nitrogen and oxygen atoms in total. The van der Waals surface area contributed by atoms with Gasteiger partial charge < -0.3 is 15.2 Å². The van der Waals surface area contributed by atoms with Gasteiger partial charge in [0.05, 0.1) is 5.56 Å². The molecular weight excluding hydrogens is 311 g/mol. The second kappa shape index (κ2) is 7.68. The summed E-state index contributed by atoms with van der Waals surface area (Å²) in [6, 6.07) is 4.23. The van der Waals surface area contributed by atoms with E-state index in [2.05, 4.69) is 5.32 Å². The number of nitrogens with one attached hydrogen (secondary N) is 1. The highest BCUT2D eigenvalue weighted by molar-refractivity contribution is 5.67. The Balaban J connectivity index is 1.79. The van der Waals surface area contributed by atoms with Crippen molar-refractivity contribution < 1.29 is 27.8 Å². The standard InChI is InChI=1S/C16H20F3NO3/c17-16(18,19)12-8-6-11(7-9-12)14(21)10-23-15(22)20-13-4-2-1-3-5-13/h6-9,13-14,21H,1-5,10H2,(H,20,22). The molecule has 1 atom stereocenters. The van der Waals surface area contributed by atoms with Crippen LogP contribution in [0, 0.1) is 0 Å². The van der Waals surface area contributed by atoms with Gasteiger partial charge in [0.1, 0.15) is 12.7 Å². The van der Waals surface area contributed by atoms with E-state index in [-0.39, 0.29) is 18.2 Å². The molecule has 1 aliphatic rings. The van der Waals surface area contributed by atoms with Gasteiger partial charge >= 0.3 is 12.3 Å². The van der Waals surface area contributed by atoms with Crippen molar-refractivity contribution in [2.24, 2.45) is 0 Å². The minimum absolute atomic E-state index is 0.0967. The van der Waals surface area contributed by atoms with Crippen molar-refractivity contribution in [2.45, 2.75) is 50.4 Å². The lowest BCUT2D eigenvalue weighted by atomic mass is 9.96. The number of ether oxygens (including phenoxy) is 1. The number of hydrogen-bond donors (Lipinski definition) is 2. The summed E-state index contributed by atoms with van der Waals surface area (Å²) < 4.78 is 42.3. The Kier molecular flexibility index (Phi) is 5.87. The zero-order valence-electron chi connectivity index (χ0n) is 12.6. The summed E-state index contributed by atoms with van der Waals surface area (Å²) >= 11 is 0. The molecule has 0 aromatic heterocycles. The highest BCUT2D eigenvalue weighted by atomic mass is 19.4. The van der Waals surface area contributed by atoms with Crippen LogP contribution in [0.5, 0.6) is 0 Å². The Morgan fingerprint density at radius 1 is 1.22 bits per heavy atom. The monoisotopic (exact) mass is 331 g/mol. The topological polar surface area (TPSA) is 58.6 Å². The zero-order chi connectivity index (χ0) is 16.9. The van der Waals surface area contributed by atoms with E-state index in [0.29, 0.717) is 0 Å². The van der Waals surface area contributed by atoms with Crippen LogP contribution in [0.15, 0.2) is 24.3 Å². The number of carbonyl (C=O) groups is 1. The van der Waals surface area contributed by atoms with Gasteiger partial charge in [0.25, 0.3) is 0 Å². The molecule has 1 aromatic carbocycles. The van der Waals surface area contributed by atoms with Crippen LogP contribution >= 0.6 is 0 Å². The predicted molar refractivity (Wildman–Crippen MR) is 77.8 cm³/mol. The van der Waals surface area contributed by atoms with Gasteiger partial charge in [-0.25, -0.2) is 4.79 Å². The van der Waals surface area contributed by atoms with Gasteiger partial charge in [-0.3, -0.25) is 0 Å². The Hall–Kier alpha value is -1.76. The van der Waals surface area contributed by atoms with Crippen LogP contribution in [0.2, 0.25) is 0 Å². The van der Waals surface area contributed by atoms with Crippen molar-refractivity contribution in [3.8, 4) is 0 Å². The molecule has 1 fully saturated rings. The van der Waals surface area contributed by atoms with Gasteiger partial charge in [-0.1, -0.05) is 31.4 Å². The largest absolute Gasteiger partial charge is 0.446 e. The number of carbonyl (C=O) groups excluding carboxylic acids is 1. The van der Waals surface area contributed by atoms with E-state index in [9.17, 15) is 23.1 Å². The molecule has 0 spiro atoms. The van der Waals surface area contributed by atoms with Gasteiger partial charge in [-0.2, -0.15) is 13.2 Å². The summed E-state index contributed by atoms with van der Waals surface area (Å²) in [5.41, 5.74) is -0.520. The van der Waals surface area contributed by atoms with Crippen LogP contribution < -0.4 is 5.32 Å². The van der Waals surface area contributed by atoms with Gasteiger partial charge in [-0.05, 0) is 30.5 Å². The summed E-state index contributed by atoms with van der Waals surface area (Å²) in [5, 5.41) is 12.6. The van der Waals surface area contributed by atoms with E-state index < -0.39 is 23.9 Å². The third-order valence-electron chi connectivity index (χ3n) is 3.92. The van der Waals surface area contributed by atoms with Crippen LogP contribution in [0.4, 0.5) is 18.0 Å². The number of hydrogen-bond acceptors (Lipinski definition) is 3. The molecule has 2 rings (SSSR count).